The third-order valence-corrected chi connectivity index (χ3v) is 6.18. The van der Waals surface area contributed by atoms with Gasteiger partial charge in [-0.05, 0) is 38.0 Å². The zero-order chi connectivity index (χ0) is 12.7. The zero-order valence-corrected chi connectivity index (χ0v) is 12.1. The van der Waals surface area contributed by atoms with Gasteiger partial charge in [0, 0.05) is 23.8 Å². The van der Waals surface area contributed by atoms with Crippen LogP contribution in [-0.4, -0.2) is 18.1 Å². The summed E-state index contributed by atoms with van der Waals surface area (Å²) >= 11 is 0. The molecule has 0 aromatic heterocycles. The van der Waals surface area contributed by atoms with E-state index in [0.29, 0.717) is 6.04 Å². The molecule has 4 N–H and O–H groups in total. The van der Waals surface area contributed by atoms with Crippen LogP contribution in [0.15, 0.2) is 0 Å². The van der Waals surface area contributed by atoms with Crippen molar-refractivity contribution < 1.29 is 5.32 Å². The largest absolute Gasteiger partial charge is 0.341 e. The summed E-state index contributed by atoms with van der Waals surface area (Å²) in [5.41, 5.74) is 6.72. The van der Waals surface area contributed by atoms with E-state index >= 15 is 0 Å². The Balaban J connectivity index is 1.79. The number of piperidine rings is 1. The highest BCUT2D eigenvalue weighted by molar-refractivity contribution is 4.96. The lowest BCUT2D eigenvalue weighted by atomic mass is 9.63. The van der Waals surface area contributed by atoms with Crippen LogP contribution in [0.1, 0.15) is 58.8 Å². The van der Waals surface area contributed by atoms with E-state index < -0.39 is 0 Å². The van der Waals surface area contributed by atoms with Gasteiger partial charge in [0.1, 0.15) is 0 Å². The summed E-state index contributed by atoms with van der Waals surface area (Å²) in [7, 11) is 0. The van der Waals surface area contributed by atoms with Crippen molar-refractivity contribution in [1.82, 2.24) is 0 Å². The standard InChI is InChI=1S/C16H30N2/c1-10-8-11(2)16-13(9-10)15(17)12-6-4-3-5-7-14(12)18-16/h10-16,18H,3-9,17H2,1-2H3/p+1. The van der Waals surface area contributed by atoms with Gasteiger partial charge < -0.3 is 11.1 Å². The van der Waals surface area contributed by atoms with Crippen LogP contribution in [0.5, 0.6) is 0 Å². The van der Waals surface area contributed by atoms with E-state index in [9.17, 15) is 0 Å². The third kappa shape index (κ3) is 2.22. The van der Waals surface area contributed by atoms with Crippen molar-refractivity contribution >= 4 is 0 Å². The van der Waals surface area contributed by atoms with Crippen LogP contribution in [0.4, 0.5) is 0 Å². The number of quaternary nitrogens is 1. The maximum atomic E-state index is 6.72. The Bertz CT molecular complexity index is 291. The maximum Gasteiger partial charge on any atom is 0.0930 e. The van der Waals surface area contributed by atoms with Crippen LogP contribution in [0.2, 0.25) is 0 Å². The lowest BCUT2D eigenvalue weighted by Crippen LogP contribution is -3.02. The molecule has 2 nitrogen and oxygen atoms in total. The summed E-state index contributed by atoms with van der Waals surface area (Å²) in [4.78, 5) is 0. The first kappa shape index (κ1) is 12.9. The highest BCUT2D eigenvalue weighted by atomic mass is 15.0. The first-order valence-corrected chi connectivity index (χ1v) is 8.27. The molecule has 2 aliphatic carbocycles. The first-order chi connectivity index (χ1) is 8.66. The first-order valence-electron chi connectivity index (χ1n) is 8.27. The van der Waals surface area contributed by atoms with Gasteiger partial charge in [-0.15, -0.1) is 0 Å². The summed E-state index contributed by atoms with van der Waals surface area (Å²) in [6.07, 6.45) is 9.92. The minimum absolute atomic E-state index is 0.494. The molecular formula is C16H31N2+. The van der Waals surface area contributed by atoms with E-state index in [-0.39, 0.29) is 0 Å². The van der Waals surface area contributed by atoms with Crippen LogP contribution >= 0.6 is 0 Å². The minimum atomic E-state index is 0.494. The van der Waals surface area contributed by atoms with Gasteiger partial charge in [-0.2, -0.15) is 0 Å². The molecule has 2 saturated carbocycles. The van der Waals surface area contributed by atoms with Gasteiger partial charge in [0.2, 0.25) is 0 Å². The smallest absolute Gasteiger partial charge is 0.0930 e. The Morgan fingerprint density at radius 2 is 1.72 bits per heavy atom. The summed E-state index contributed by atoms with van der Waals surface area (Å²) in [6, 6.07) is 2.17. The van der Waals surface area contributed by atoms with Crippen molar-refractivity contribution in [3.63, 3.8) is 0 Å². The van der Waals surface area contributed by atoms with Crippen LogP contribution in [0.25, 0.3) is 0 Å². The summed E-state index contributed by atoms with van der Waals surface area (Å²) in [5, 5.41) is 2.76. The SMILES string of the molecule is CC1CC(C)C2[NH2+]C3CCCCCC3C(N)C2C1. The number of nitrogens with two attached hydrogens (primary N) is 2. The molecule has 3 aliphatic rings. The monoisotopic (exact) mass is 251 g/mol. The Morgan fingerprint density at radius 3 is 2.56 bits per heavy atom. The highest BCUT2D eigenvalue weighted by Crippen LogP contribution is 2.39. The molecule has 0 aromatic rings. The fourth-order valence-corrected chi connectivity index (χ4v) is 5.36. The second-order valence-corrected chi connectivity index (χ2v) is 7.53. The number of rotatable bonds is 0. The molecule has 7 atom stereocenters. The Hall–Kier alpha value is -0.0800. The molecule has 0 aromatic carbocycles. The van der Waals surface area contributed by atoms with Crippen LogP contribution in [0.3, 0.4) is 0 Å². The second kappa shape index (κ2) is 5.13. The molecule has 3 fully saturated rings. The van der Waals surface area contributed by atoms with Crippen molar-refractivity contribution in [2.75, 3.05) is 0 Å². The Morgan fingerprint density at radius 1 is 0.944 bits per heavy atom. The number of hydrogen-bond donors (Lipinski definition) is 2. The predicted molar refractivity (Wildman–Crippen MR) is 75.1 cm³/mol. The van der Waals surface area contributed by atoms with Gasteiger partial charge in [0.25, 0.3) is 0 Å². The van der Waals surface area contributed by atoms with Crippen molar-refractivity contribution in [3.05, 3.63) is 0 Å². The molecule has 0 radical (unpaired) electrons. The highest BCUT2D eigenvalue weighted by Gasteiger charge is 2.49. The van der Waals surface area contributed by atoms with Gasteiger partial charge in [-0.25, -0.2) is 0 Å². The summed E-state index contributed by atoms with van der Waals surface area (Å²) in [5.74, 6) is 3.37. The Kier molecular flexibility index (Phi) is 3.68. The van der Waals surface area contributed by atoms with Crippen LogP contribution in [0, 0.1) is 23.7 Å². The minimum Gasteiger partial charge on any atom is -0.341 e. The Labute approximate surface area is 112 Å². The van der Waals surface area contributed by atoms with Crippen LogP contribution < -0.4 is 11.1 Å². The molecule has 2 heteroatoms. The quantitative estimate of drug-likeness (QED) is 0.678. The van der Waals surface area contributed by atoms with Gasteiger partial charge in [-0.3, -0.25) is 0 Å². The number of hydrogen-bond acceptors (Lipinski definition) is 1. The summed E-state index contributed by atoms with van der Waals surface area (Å²) in [6.45, 7) is 4.90. The molecule has 104 valence electrons. The average Bonchev–Trinajstić information content (AvgIpc) is 2.56. The normalized spacial score (nSPS) is 53.2. The lowest BCUT2D eigenvalue weighted by molar-refractivity contribution is -0.752. The predicted octanol–water partition coefficient (Wildman–Crippen LogP) is 1.89. The van der Waals surface area contributed by atoms with E-state index in [1.165, 1.54) is 44.9 Å². The molecule has 18 heavy (non-hydrogen) atoms. The molecule has 3 rings (SSSR count). The van der Waals surface area contributed by atoms with E-state index in [1.807, 2.05) is 0 Å². The van der Waals surface area contributed by atoms with E-state index in [4.69, 9.17) is 5.73 Å². The zero-order valence-electron chi connectivity index (χ0n) is 12.1. The second-order valence-electron chi connectivity index (χ2n) is 7.53. The van der Waals surface area contributed by atoms with Gasteiger partial charge in [0.15, 0.2) is 0 Å². The van der Waals surface area contributed by atoms with Crippen molar-refractivity contribution in [1.29, 1.82) is 0 Å². The third-order valence-electron chi connectivity index (χ3n) is 6.18. The van der Waals surface area contributed by atoms with Crippen molar-refractivity contribution in [2.24, 2.45) is 29.4 Å². The molecule has 1 saturated heterocycles. The molecular weight excluding hydrogens is 220 g/mol. The van der Waals surface area contributed by atoms with Crippen molar-refractivity contribution in [2.45, 2.75) is 76.9 Å². The van der Waals surface area contributed by atoms with E-state index in [0.717, 1.165) is 35.8 Å². The molecule has 0 amide bonds. The van der Waals surface area contributed by atoms with E-state index in [2.05, 4.69) is 19.2 Å². The van der Waals surface area contributed by atoms with Gasteiger partial charge in [0.05, 0.1) is 12.1 Å². The van der Waals surface area contributed by atoms with Gasteiger partial charge >= 0.3 is 0 Å². The molecule has 0 spiro atoms. The molecule has 1 aliphatic heterocycles. The van der Waals surface area contributed by atoms with Gasteiger partial charge in [-0.1, -0.05) is 26.7 Å². The number of fused-ring (bicyclic) bond motifs is 2. The van der Waals surface area contributed by atoms with Crippen molar-refractivity contribution in [3.8, 4) is 0 Å². The fraction of sp³-hybridized carbons (Fsp3) is 1.00. The maximum absolute atomic E-state index is 6.72. The molecule has 7 unspecified atom stereocenters. The topological polar surface area (TPSA) is 42.6 Å². The summed E-state index contributed by atoms with van der Waals surface area (Å²) < 4.78 is 0. The van der Waals surface area contributed by atoms with E-state index in [1.54, 1.807) is 0 Å². The molecule has 1 heterocycles. The lowest BCUT2D eigenvalue weighted by Gasteiger charge is -2.49. The molecule has 0 bridgehead atoms. The van der Waals surface area contributed by atoms with Crippen LogP contribution in [-0.2, 0) is 0 Å². The average molecular weight is 251 g/mol. The fourth-order valence-electron chi connectivity index (χ4n) is 5.36.